The van der Waals surface area contributed by atoms with E-state index in [0.717, 1.165) is 12.0 Å². The van der Waals surface area contributed by atoms with Crippen molar-refractivity contribution in [2.75, 3.05) is 18.5 Å². The van der Waals surface area contributed by atoms with E-state index >= 15 is 0 Å². The van der Waals surface area contributed by atoms with Crippen molar-refractivity contribution in [2.45, 2.75) is 19.4 Å². The predicted molar refractivity (Wildman–Crippen MR) is 79.7 cm³/mol. The van der Waals surface area contributed by atoms with Gasteiger partial charge in [-0.05, 0) is 12.0 Å². The summed E-state index contributed by atoms with van der Waals surface area (Å²) in [5.41, 5.74) is 6.93. The monoisotopic (exact) mass is 272 g/mol. The van der Waals surface area contributed by atoms with Crippen molar-refractivity contribution in [1.29, 1.82) is 0 Å². The predicted octanol–water partition coefficient (Wildman–Crippen LogP) is 2.38. The molecule has 5 nitrogen and oxygen atoms in total. The second-order valence-electron chi connectivity index (χ2n) is 4.41. The third-order valence-corrected chi connectivity index (χ3v) is 2.83. The zero-order chi connectivity index (χ0) is 14.2. The molecule has 0 spiro atoms. The number of hydrogen-bond donors (Lipinski definition) is 2. The van der Waals surface area contributed by atoms with E-state index in [0.29, 0.717) is 25.0 Å². The summed E-state index contributed by atoms with van der Waals surface area (Å²) in [6.07, 6.45) is 2.63. The van der Waals surface area contributed by atoms with Gasteiger partial charge in [0.05, 0.1) is 12.6 Å². The Morgan fingerprint density at radius 3 is 2.75 bits per heavy atom. The van der Waals surface area contributed by atoms with Crippen molar-refractivity contribution in [3.8, 4) is 5.88 Å². The quantitative estimate of drug-likeness (QED) is 0.809. The van der Waals surface area contributed by atoms with Gasteiger partial charge in [-0.2, -0.15) is 4.98 Å². The van der Waals surface area contributed by atoms with Crippen LogP contribution in [0, 0.1) is 0 Å². The summed E-state index contributed by atoms with van der Waals surface area (Å²) in [7, 11) is 0. The van der Waals surface area contributed by atoms with Crippen LogP contribution in [-0.2, 0) is 0 Å². The van der Waals surface area contributed by atoms with Crippen LogP contribution in [0.25, 0.3) is 0 Å². The molecule has 5 heteroatoms. The lowest BCUT2D eigenvalue weighted by Gasteiger charge is -2.17. The Labute approximate surface area is 119 Å². The molecule has 2 aromatic rings. The smallest absolute Gasteiger partial charge is 0.226 e. The summed E-state index contributed by atoms with van der Waals surface area (Å²) >= 11 is 0. The number of anilines is 1. The molecule has 1 aromatic carbocycles. The summed E-state index contributed by atoms with van der Waals surface area (Å²) in [6.45, 7) is 3.17. The minimum absolute atomic E-state index is 0.0161. The van der Waals surface area contributed by atoms with Gasteiger partial charge in [0.2, 0.25) is 11.8 Å². The lowest BCUT2D eigenvalue weighted by molar-refractivity contribution is 0.305. The van der Waals surface area contributed by atoms with Crippen LogP contribution in [0.2, 0.25) is 0 Å². The molecule has 0 aliphatic heterocycles. The summed E-state index contributed by atoms with van der Waals surface area (Å²) in [4.78, 5) is 8.53. The molecule has 0 aliphatic rings. The fraction of sp³-hybridized carbons (Fsp3) is 0.333. The highest BCUT2D eigenvalue weighted by Crippen LogP contribution is 2.17. The van der Waals surface area contributed by atoms with Gasteiger partial charge < -0.3 is 15.8 Å². The summed E-state index contributed by atoms with van der Waals surface area (Å²) in [6, 6.07) is 11.7. The van der Waals surface area contributed by atoms with Gasteiger partial charge >= 0.3 is 0 Å². The van der Waals surface area contributed by atoms with Crippen LogP contribution in [0.4, 0.5) is 5.95 Å². The molecule has 3 N–H and O–H groups in total. The van der Waals surface area contributed by atoms with Gasteiger partial charge in [-0.1, -0.05) is 37.3 Å². The van der Waals surface area contributed by atoms with E-state index in [2.05, 4.69) is 22.2 Å². The Bertz CT molecular complexity index is 518. The van der Waals surface area contributed by atoms with Gasteiger partial charge in [0, 0.05) is 18.8 Å². The van der Waals surface area contributed by atoms with E-state index in [9.17, 15) is 0 Å². The third-order valence-electron chi connectivity index (χ3n) is 2.83. The van der Waals surface area contributed by atoms with Crippen LogP contribution >= 0.6 is 0 Å². The second kappa shape index (κ2) is 7.45. The number of ether oxygens (including phenoxy) is 1. The number of nitrogens with two attached hydrogens (primary N) is 1. The van der Waals surface area contributed by atoms with Crippen molar-refractivity contribution in [1.82, 2.24) is 9.97 Å². The average Bonchev–Trinajstić information content (AvgIpc) is 2.52. The molecule has 2 rings (SSSR count). The van der Waals surface area contributed by atoms with Crippen molar-refractivity contribution >= 4 is 5.95 Å². The molecular weight excluding hydrogens is 252 g/mol. The van der Waals surface area contributed by atoms with E-state index in [1.165, 1.54) is 0 Å². The molecule has 0 saturated heterocycles. The first-order valence-electron chi connectivity index (χ1n) is 6.81. The van der Waals surface area contributed by atoms with E-state index in [-0.39, 0.29) is 6.04 Å². The molecular formula is C15H20N4O. The van der Waals surface area contributed by atoms with E-state index < -0.39 is 0 Å². The van der Waals surface area contributed by atoms with Crippen LogP contribution in [0.15, 0.2) is 42.6 Å². The molecule has 1 atom stereocenters. The molecule has 1 heterocycles. The van der Waals surface area contributed by atoms with Crippen LogP contribution in [0.3, 0.4) is 0 Å². The maximum Gasteiger partial charge on any atom is 0.226 e. The van der Waals surface area contributed by atoms with Crippen LogP contribution in [0.5, 0.6) is 5.88 Å². The highest BCUT2D eigenvalue weighted by atomic mass is 16.5. The molecule has 0 radical (unpaired) electrons. The fourth-order valence-electron chi connectivity index (χ4n) is 1.82. The number of benzene rings is 1. The minimum Gasteiger partial charge on any atom is -0.478 e. The zero-order valence-corrected chi connectivity index (χ0v) is 11.6. The SMILES string of the molecule is CCCOc1ccnc(NC(CN)c2ccccc2)n1. The van der Waals surface area contributed by atoms with Crippen LogP contribution in [0.1, 0.15) is 24.9 Å². The molecule has 1 aromatic heterocycles. The molecule has 106 valence electrons. The van der Waals surface area contributed by atoms with Crippen LogP contribution in [-0.4, -0.2) is 23.1 Å². The third kappa shape index (κ3) is 3.93. The second-order valence-corrected chi connectivity index (χ2v) is 4.41. The topological polar surface area (TPSA) is 73.1 Å². The van der Waals surface area contributed by atoms with Gasteiger partial charge in [0.25, 0.3) is 0 Å². The minimum atomic E-state index is -0.0161. The Hall–Kier alpha value is -2.14. The molecule has 0 fully saturated rings. The van der Waals surface area contributed by atoms with Gasteiger partial charge in [-0.15, -0.1) is 0 Å². The first-order chi connectivity index (χ1) is 9.83. The van der Waals surface area contributed by atoms with E-state index in [4.69, 9.17) is 10.5 Å². The van der Waals surface area contributed by atoms with E-state index in [1.54, 1.807) is 12.3 Å². The molecule has 0 aliphatic carbocycles. The van der Waals surface area contributed by atoms with Crippen molar-refractivity contribution in [2.24, 2.45) is 5.73 Å². The first-order valence-corrected chi connectivity index (χ1v) is 6.81. The molecule has 20 heavy (non-hydrogen) atoms. The average molecular weight is 272 g/mol. The van der Waals surface area contributed by atoms with E-state index in [1.807, 2.05) is 30.3 Å². The number of hydrogen-bond acceptors (Lipinski definition) is 5. The van der Waals surface area contributed by atoms with Gasteiger partial charge in [-0.25, -0.2) is 4.98 Å². The lowest BCUT2D eigenvalue weighted by Crippen LogP contribution is -2.21. The van der Waals surface area contributed by atoms with Crippen molar-refractivity contribution in [3.05, 3.63) is 48.2 Å². The fourth-order valence-corrected chi connectivity index (χ4v) is 1.82. The summed E-state index contributed by atoms with van der Waals surface area (Å²) < 4.78 is 5.49. The van der Waals surface area contributed by atoms with Gasteiger partial charge in [0.1, 0.15) is 0 Å². The Balaban J connectivity index is 2.07. The summed E-state index contributed by atoms with van der Waals surface area (Å²) in [5, 5.41) is 3.23. The highest BCUT2D eigenvalue weighted by Gasteiger charge is 2.10. The Morgan fingerprint density at radius 1 is 1.25 bits per heavy atom. The maximum atomic E-state index is 5.82. The normalized spacial score (nSPS) is 11.9. The van der Waals surface area contributed by atoms with Crippen molar-refractivity contribution in [3.63, 3.8) is 0 Å². The summed E-state index contributed by atoms with van der Waals surface area (Å²) in [5.74, 6) is 1.10. The van der Waals surface area contributed by atoms with Gasteiger partial charge in [-0.3, -0.25) is 0 Å². The Kier molecular flexibility index (Phi) is 5.32. The lowest BCUT2D eigenvalue weighted by atomic mass is 10.1. The largest absolute Gasteiger partial charge is 0.478 e. The molecule has 1 unspecified atom stereocenters. The number of nitrogens with zero attached hydrogens (tertiary/aromatic N) is 2. The molecule has 0 saturated carbocycles. The number of rotatable bonds is 7. The van der Waals surface area contributed by atoms with Crippen LogP contribution < -0.4 is 15.8 Å². The first kappa shape index (κ1) is 14.3. The maximum absolute atomic E-state index is 5.82. The highest BCUT2D eigenvalue weighted by molar-refractivity contribution is 5.33. The molecule has 0 bridgehead atoms. The van der Waals surface area contributed by atoms with Crippen molar-refractivity contribution < 1.29 is 4.74 Å². The number of aromatic nitrogens is 2. The molecule has 0 amide bonds. The Morgan fingerprint density at radius 2 is 2.05 bits per heavy atom. The zero-order valence-electron chi connectivity index (χ0n) is 11.6. The standard InChI is InChI=1S/C15H20N4O/c1-2-10-20-14-8-9-17-15(19-14)18-13(11-16)12-6-4-3-5-7-12/h3-9,13H,2,10-11,16H2,1H3,(H,17,18,19). The van der Waals surface area contributed by atoms with Gasteiger partial charge in [0.15, 0.2) is 0 Å². The number of nitrogens with one attached hydrogen (secondary N) is 1.